The van der Waals surface area contributed by atoms with E-state index >= 15 is 0 Å². The van der Waals surface area contributed by atoms with E-state index in [-0.39, 0.29) is 24.5 Å². The van der Waals surface area contributed by atoms with Crippen LogP contribution in [0.1, 0.15) is 31.9 Å². The molecule has 0 aliphatic rings. The van der Waals surface area contributed by atoms with Gasteiger partial charge in [-0.25, -0.2) is 4.68 Å². The van der Waals surface area contributed by atoms with Crippen molar-refractivity contribution in [1.29, 1.82) is 0 Å². The molecule has 2 unspecified atom stereocenters. The number of hydrogen-bond donors (Lipinski definition) is 2. The van der Waals surface area contributed by atoms with Gasteiger partial charge in [-0.2, -0.15) is 0 Å². The SMILES string of the molecule is CC(C)C(CCO)NC(=O)C(Cc1ccccc1)n1cnnn1. The van der Waals surface area contributed by atoms with E-state index in [2.05, 4.69) is 20.8 Å². The number of amides is 1. The van der Waals surface area contributed by atoms with Crippen LogP contribution in [0.15, 0.2) is 36.7 Å². The molecule has 0 spiro atoms. The third kappa shape index (κ3) is 4.85. The Bertz CT molecular complexity index is 586. The van der Waals surface area contributed by atoms with Crippen LogP contribution in [-0.2, 0) is 11.2 Å². The number of carbonyl (C=O) groups excluding carboxylic acids is 1. The van der Waals surface area contributed by atoms with Gasteiger partial charge in [0.15, 0.2) is 0 Å². The molecule has 1 heterocycles. The number of nitrogens with zero attached hydrogens (tertiary/aromatic N) is 4. The molecule has 0 radical (unpaired) electrons. The lowest BCUT2D eigenvalue weighted by molar-refractivity contribution is -0.125. The van der Waals surface area contributed by atoms with Gasteiger partial charge in [0.1, 0.15) is 12.4 Å². The summed E-state index contributed by atoms with van der Waals surface area (Å²) in [7, 11) is 0. The maximum atomic E-state index is 12.7. The van der Waals surface area contributed by atoms with E-state index in [0.29, 0.717) is 12.8 Å². The molecule has 7 nitrogen and oxygen atoms in total. The number of hydrogen-bond acceptors (Lipinski definition) is 5. The first-order valence-corrected chi connectivity index (χ1v) is 7.79. The van der Waals surface area contributed by atoms with Crippen LogP contribution in [0.25, 0.3) is 0 Å². The zero-order valence-electron chi connectivity index (χ0n) is 13.5. The lowest BCUT2D eigenvalue weighted by Crippen LogP contribution is -2.43. The molecular formula is C16H23N5O2. The summed E-state index contributed by atoms with van der Waals surface area (Å²) in [4.78, 5) is 12.7. The van der Waals surface area contributed by atoms with Crippen molar-refractivity contribution < 1.29 is 9.90 Å². The predicted octanol–water partition coefficient (Wildman–Crippen LogP) is 0.980. The second kappa shape index (κ2) is 8.38. The van der Waals surface area contributed by atoms with E-state index in [1.54, 1.807) is 0 Å². The van der Waals surface area contributed by atoms with Gasteiger partial charge in [-0.1, -0.05) is 44.2 Å². The molecule has 0 aliphatic heterocycles. The normalized spacial score (nSPS) is 13.7. The van der Waals surface area contributed by atoms with Crippen LogP contribution in [0, 0.1) is 5.92 Å². The maximum Gasteiger partial charge on any atom is 0.245 e. The van der Waals surface area contributed by atoms with Gasteiger partial charge in [0.25, 0.3) is 0 Å². The number of tetrazole rings is 1. The molecule has 1 aromatic carbocycles. The van der Waals surface area contributed by atoms with E-state index < -0.39 is 6.04 Å². The molecule has 23 heavy (non-hydrogen) atoms. The van der Waals surface area contributed by atoms with Crippen molar-refractivity contribution in [2.24, 2.45) is 5.92 Å². The first-order valence-electron chi connectivity index (χ1n) is 7.79. The number of benzene rings is 1. The molecule has 2 atom stereocenters. The van der Waals surface area contributed by atoms with E-state index in [9.17, 15) is 4.79 Å². The number of aliphatic hydroxyl groups is 1. The van der Waals surface area contributed by atoms with Crippen LogP contribution >= 0.6 is 0 Å². The topological polar surface area (TPSA) is 92.9 Å². The highest BCUT2D eigenvalue weighted by molar-refractivity contribution is 5.80. The van der Waals surface area contributed by atoms with E-state index in [1.165, 1.54) is 11.0 Å². The minimum Gasteiger partial charge on any atom is -0.396 e. The molecular weight excluding hydrogens is 294 g/mol. The Morgan fingerprint density at radius 1 is 1.30 bits per heavy atom. The maximum absolute atomic E-state index is 12.7. The van der Waals surface area contributed by atoms with Crippen LogP contribution in [0.4, 0.5) is 0 Å². The van der Waals surface area contributed by atoms with Crippen LogP contribution < -0.4 is 5.32 Å². The average molecular weight is 317 g/mol. The van der Waals surface area contributed by atoms with Crippen LogP contribution in [-0.4, -0.2) is 43.9 Å². The third-order valence-corrected chi connectivity index (χ3v) is 3.83. The number of carbonyl (C=O) groups is 1. The standard InChI is InChI=1S/C16H23N5O2/c1-12(2)14(8-9-22)18-16(23)15(21-11-17-19-20-21)10-13-6-4-3-5-7-13/h3-7,11-12,14-15,22H,8-10H2,1-2H3,(H,18,23). The van der Waals surface area contributed by atoms with Crippen LogP contribution in [0.2, 0.25) is 0 Å². The fraction of sp³-hybridized carbons (Fsp3) is 0.500. The van der Waals surface area contributed by atoms with Gasteiger partial charge in [0, 0.05) is 19.1 Å². The summed E-state index contributed by atoms with van der Waals surface area (Å²) in [5.74, 6) is 0.0886. The second-order valence-corrected chi connectivity index (χ2v) is 5.87. The fourth-order valence-corrected chi connectivity index (χ4v) is 2.45. The van der Waals surface area contributed by atoms with Crippen molar-refractivity contribution in [3.63, 3.8) is 0 Å². The molecule has 0 fully saturated rings. The Balaban J connectivity index is 2.15. The fourth-order valence-electron chi connectivity index (χ4n) is 2.45. The zero-order chi connectivity index (χ0) is 16.7. The number of aromatic nitrogens is 4. The highest BCUT2D eigenvalue weighted by Crippen LogP contribution is 2.15. The van der Waals surface area contributed by atoms with E-state index in [1.807, 2.05) is 44.2 Å². The summed E-state index contributed by atoms with van der Waals surface area (Å²) in [6.45, 7) is 4.07. The Hall–Kier alpha value is -2.28. The van der Waals surface area contributed by atoms with Gasteiger partial charge >= 0.3 is 0 Å². The molecule has 0 bridgehead atoms. The lowest BCUT2D eigenvalue weighted by Gasteiger charge is -2.24. The summed E-state index contributed by atoms with van der Waals surface area (Å²) in [6.07, 6.45) is 2.47. The van der Waals surface area contributed by atoms with Crippen LogP contribution in [0.5, 0.6) is 0 Å². The molecule has 0 aliphatic carbocycles. The van der Waals surface area contributed by atoms with Crippen molar-refractivity contribution in [2.45, 2.75) is 38.8 Å². The Kier molecular flexibility index (Phi) is 6.22. The van der Waals surface area contributed by atoms with E-state index in [4.69, 9.17) is 5.11 Å². The summed E-state index contributed by atoms with van der Waals surface area (Å²) in [5.41, 5.74) is 1.03. The lowest BCUT2D eigenvalue weighted by atomic mass is 9.99. The van der Waals surface area contributed by atoms with Gasteiger partial charge in [0.2, 0.25) is 5.91 Å². The first-order chi connectivity index (χ1) is 11.1. The second-order valence-electron chi connectivity index (χ2n) is 5.87. The third-order valence-electron chi connectivity index (χ3n) is 3.83. The molecule has 1 aromatic heterocycles. The molecule has 124 valence electrons. The van der Waals surface area contributed by atoms with Gasteiger partial charge in [-0.15, -0.1) is 5.10 Å². The smallest absolute Gasteiger partial charge is 0.245 e. The molecule has 2 aromatic rings. The van der Waals surface area contributed by atoms with Gasteiger partial charge in [-0.3, -0.25) is 4.79 Å². The van der Waals surface area contributed by atoms with Crippen molar-refractivity contribution in [3.05, 3.63) is 42.2 Å². The largest absolute Gasteiger partial charge is 0.396 e. The summed E-state index contributed by atoms with van der Waals surface area (Å²) in [5, 5.41) is 23.3. The highest BCUT2D eigenvalue weighted by atomic mass is 16.3. The minimum absolute atomic E-state index is 0.0390. The van der Waals surface area contributed by atoms with Crippen molar-refractivity contribution >= 4 is 5.91 Å². The highest BCUT2D eigenvalue weighted by Gasteiger charge is 2.25. The average Bonchev–Trinajstić information content (AvgIpc) is 3.07. The molecule has 1 amide bonds. The summed E-state index contributed by atoms with van der Waals surface area (Å²) in [6, 6.07) is 9.15. The molecule has 0 saturated heterocycles. The monoisotopic (exact) mass is 317 g/mol. The first kappa shape index (κ1) is 17.1. The molecule has 7 heteroatoms. The van der Waals surface area contributed by atoms with Crippen molar-refractivity contribution in [3.8, 4) is 0 Å². The molecule has 2 rings (SSSR count). The van der Waals surface area contributed by atoms with Crippen LogP contribution in [0.3, 0.4) is 0 Å². The molecule has 2 N–H and O–H groups in total. The minimum atomic E-state index is -0.521. The van der Waals surface area contributed by atoms with Gasteiger partial charge in [0.05, 0.1) is 0 Å². The predicted molar refractivity (Wildman–Crippen MR) is 85.5 cm³/mol. The number of aliphatic hydroxyl groups excluding tert-OH is 1. The molecule has 0 saturated carbocycles. The Morgan fingerprint density at radius 3 is 2.61 bits per heavy atom. The summed E-state index contributed by atoms with van der Waals surface area (Å²) < 4.78 is 1.47. The van der Waals surface area contributed by atoms with Gasteiger partial charge < -0.3 is 10.4 Å². The van der Waals surface area contributed by atoms with Crippen molar-refractivity contribution in [1.82, 2.24) is 25.5 Å². The zero-order valence-corrected chi connectivity index (χ0v) is 13.5. The Morgan fingerprint density at radius 2 is 2.04 bits per heavy atom. The van der Waals surface area contributed by atoms with Crippen molar-refractivity contribution in [2.75, 3.05) is 6.61 Å². The number of rotatable bonds is 8. The van der Waals surface area contributed by atoms with Gasteiger partial charge in [-0.05, 0) is 28.3 Å². The number of nitrogens with one attached hydrogen (secondary N) is 1. The quantitative estimate of drug-likeness (QED) is 0.757. The summed E-state index contributed by atoms with van der Waals surface area (Å²) >= 11 is 0. The Labute approximate surface area is 135 Å². The van der Waals surface area contributed by atoms with E-state index in [0.717, 1.165) is 5.56 Å².